The van der Waals surface area contributed by atoms with Gasteiger partial charge in [0.1, 0.15) is 6.17 Å². The summed E-state index contributed by atoms with van der Waals surface area (Å²) in [4.78, 5) is 38.3. The minimum Gasteiger partial charge on any atom is -0.463 e. The second-order valence-corrected chi connectivity index (χ2v) is 11.8. The monoisotopic (exact) mass is 452 g/mol. The molecule has 8 heteroatoms. The Labute approximate surface area is 193 Å². The number of carbonyl (C=O) groups excluding carboxylic acids is 1. The summed E-state index contributed by atoms with van der Waals surface area (Å²) in [5, 5.41) is 11.0. The van der Waals surface area contributed by atoms with Gasteiger partial charge in [-0.05, 0) is 64.0 Å². The van der Waals surface area contributed by atoms with Crippen LogP contribution in [0.4, 0.5) is 4.79 Å². The van der Waals surface area contributed by atoms with Gasteiger partial charge < -0.3 is 14.9 Å². The summed E-state index contributed by atoms with van der Waals surface area (Å²) in [5.74, 6) is 0.189. The number of piperazine rings is 1. The molecular formula is C24H44N4O4. The molecule has 3 atom stereocenters. The number of carboxylic acid groups (broad SMARTS) is 1. The van der Waals surface area contributed by atoms with Crippen molar-refractivity contribution in [1.82, 2.24) is 19.8 Å². The van der Waals surface area contributed by atoms with Crippen molar-refractivity contribution in [3.63, 3.8) is 0 Å². The van der Waals surface area contributed by atoms with E-state index >= 15 is 0 Å². The van der Waals surface area contributed by atoms with E-state index in [0.717, 1.165) is 44.0 Å². The molecule has 0 aliphatic carbocycles. The van der Waals surface area contributed by atoms with Gasteiger partial charge in [0.25, 0.3) is 5.91 Å². The van der Waals surface area contributed by atoms with Crippen molar-refractivity contribution >= 4 is 12.0 Å². The van der Waals surface area contributed by atoms with Gasteiger partial charge in [-0.25, -0.2) is 4.79 Å². The van der Waals surface area contributed by atoms with Gasteiger partial charge in [-0.15, -0.1) is 0 Å². The van der Waals surface area contributed by atoms with Crippen molar-refractivity contribution in [3.05, 3.63) is 0 Å². The smallest absolute Gasteiger partial charge is 0.433 e. The highest BCUT2D eigenvalue weighted by Crippen LogP contribution is 2.35. The lowest BCUT2D eigenvalue weighted by molar-refractivity contribution is -0.272. The van der Waals surface area contributed by atoms with Crippen molar-refractivity contribution in [2.75, 3.05) is 26.2 Å². The molecule has 3 fully saturated rings. The third kappa shape index (κ3) is 5.75. The van der Waals surface area contributed by atoms with Gasteiger partial charge >= 0.3 is 6.09 Å². The van der Waals surface area contributed by atoms with Gasteiger partial charge in [0, 0.05) is 31.2 Å². The Bertz CT molecular complexity index is 669. The Balaban J connectivity index is 1.86. The number of hydroxylamine groups is 2. The van der Waals surface area contributed by atoms with Crippen molar-refractivity contribution in [3.8, 4) is 0 Å². The molecule has 0 bridgehead atoms. The standard InChI is InChI=1S/C24H44N4O4/c1-16(2)12-20-22(29)27-19(13-24(5,6)7)14-26(15-21(27)28(32-20)23(30)31)18-8-10-25(11-9-18)17(3)4/h16-21H,8-15H2,1-7H3,(H,30,31)/t19-,20+,21?/m0/s1. The molecule has 3 saturated heterocycles. The molecule has 8 nitrogen and oxygen atoms in total. The summed E-state index contributed by atoms with van der Waals surface area (Å²) >= 11 is 0. The van der Waals surface area contributed by atoms with Crippen LogP contribution in [0.15, 0.2) is 0 Å². The van der Waals surface area contributed by atoms with Gasteiger partial charge in [0.2, 0.25) is 0 Å². The predicted molar refractivity (Wildman–Crippen MR) is 124 cm³/mol. The number of piperidine rings is 1. The van der Waals surface area contributed by atoms with E-state index in [1.165, 1.54) is 0 Å². The molecule has 3 aliphatic rings. The second kappa shape index (κ2) is 9.85. The molecule has 0 aromatic rings. The van der Waals surface area contributed by atoms with Crippen molar-refractivity contribution < 1.29 is 19.5 Å². The van der Waals surface area contributed by atoms with Crippen LogP contribution in [-0.2, 0) is 9.63 Å². The first kappa shape index (κ1) is 25.2. The number of hydrogen-bond acceptors (Lipinski definition) is 5. The summed E-state index contributed by atoms with van der Waals surface area (Å²) in [6.45, 7) is 18.5. The lowest BCUT2D eigenvalue weighted by Gasteiger charge is -2.55. The zero-order chi connectivity index (χ0) is 23.8. The van der Waals surface area contributed by atoms with Crippen LogP contribution in [-0.4, -0.2) is 93.4 Å². The lowest BCUT2D eigenvalue weighted by Crippen LogP contribution is -2.73. The Morgan fingerprint density at radius 3 is 2.25 bits per heavy atom. The van der Waals surface area contributed by atoms with Crippen LogP contribution in [0.1, 0.15) is 74.1 Å². The molecule has 184 valence electrons. The third-order valence-electron chi connectivity index (χ3n) is 7.07. The Morgan fingerprint density at radius 1 is 1.12 bits per heavy atom. The summed E-state index contributed by atoms with van der Waals surface area (Å²) < 4.78 is 0. The average molecular weight is 453 g/mol. The predicted octanol–water partition coefficient (Wildman–Crippen LogP) is 3.47. The van der Waals surface area contributed by atoms with Crippen LogP contribution in [0.25, 0.3) is 0 Å². The molecule has 0 aromatic carbocycles. The van der Waals surface area contributed by atoms with Gasteiger partial charge in [-0.3, -0.25) is 14.5 Å². The number of nitrogens with zero attached hydrogens (tertiary/aromatic N) is 4. The van der Waals surface area contributed by atoms with Gasteiger partial charge in [0.15, 0.2) is 6.10 Å². The van der Waals surface area contributed by atoms with E-state index in [2.05, 4.69) is 44.4 Å². The largest absolute Gasteiger partial charge is 0.463 e. The topological polar surface area (TPSA) is 76.6 Å². The van der Waals surface area contributed by atoms with E-state index in [4.69, 9.17) is 4.84 Å². The molecule has 1 N–H and O–H groups in total. The normalized spacial score (nSPS) is 29.2. The van der Waals surface area contributed by atoms with E-state index in [9.17, 15) is 14.7 Å². The summed E-state index contributed by atoms with van der Waals surface area (Å²) in [7, 11) is 0. The van der Waals surface area contributed by atoms with E-state index in [1.54, 1.807) is 0 Å². The van der Waals surface area contributed by atoms with E-state index < -0.39 is 18.4 Å². The van der Waals surface area contributed by atoms with Crippen molar-refractivity contribution in [2.24, 2.45) is 11.3 Å². The number of fused-ring (bicyclic) bond motifs is 1. The molecular weight excluding hydrogens is 408 g/mol. The minimum atomic E-state index is -1.12. The number of rotatable bonds is 5. The van der Waals surface area contributed by atoms with E-state index in [-0.39, 0.29) is 23.3 Å². The second-order valence-electron chi connectivity index (χ2n) is 11.8. The number of carbonyl (C=O) groups is 2. The van der Waals surface area contributed by atoms with Gasteiger partial charge in [-0.2, -0.15) is 5.06 Å². The molecule has 0 aromatic heterocycles. The molecule has 3 heterocycles. The highest BCUT2D eigenvalue weighted by molar-refractivity contribution is 5.83. The Kier molecular flexibility index (Phi) is 7.77. The fourth-order valence-electron chi connectivity index (χ4n) is 5.59. The van der Waals surface area contributed by atoms with Crippen molar-refractivity contribution in [1.29, 1.82) is 0 Å². The Morgan fingerprint density at radius 2 is 1.75 bits per heavy atom. The zero-order valence-corrected chi connectivity index (χ0v) is 21.1. The number of hydrogen-bond donors (Lipinski definition) is 1. The maximum Gasteiger partial charge on any atom is 0.433 e. The zero-order valence-electron chi connectivity index (χ0n) is 21.1. The van der Waals surface area contributed by atoms with E-state index in [1.807, 2.05) is 18.7 Å². The fourth-order valence-corrected chi connectivity index (χ4v) is 5.59. The summed E-state index contributed by atoms with van der Waals surface area (Å²) in [5.41, 5.74) is 0.0272. The molecule has 1 unspecified atom stereocenters. The molecule has 3 aliphatic heterocycles. The quantitative estimate of drug-likeness (QED) is 0.688. The van der Waals surface area contributed by atoms with Crippen LogP contribution < -0.4 is 0 Å². The fraction of sp³-hybridized carbons (Fsp3) is 0.917. The first-order valence-electron chi connectivity index (χ1n) is 12.4. The van der Waals surface area contributed by atoms with Crippen LogP contribution >= 0.6 is 0 Å². The Hall–Kier alpha value is -1.38. The SMILES string of the molecule is CC(C)C[C@H]1ON(C(=O)O)C2CN(C3CCN(C(C)C)CC3)C[C@H](CC(C)(C)C)N2C1=O. The molecule has 2 amide bonds. The van der Waals surface area contributed by atoms with E-state index in [0.29, 0.717) is 25.0 Å². The average Bonchev–Trinajstić information content (AvgIpc) is 2.68. The maximum atomic E-state index is 13.5. The van der Waals surface area contributed by atoms with Gasteiger partial charge in [-0.1, -0.05) is 34.6 Å². The number of likely N-dealkylation sites (tertiary alicyclic amines) is 1. The molecule has 0 radical (unpaired) electrons. The minimum absolute atomic E-state index is 0.0233. The highest BCUT2D eigenvalue weighted by Gasteiger charge is 2.51. The first-order valence-corrected chi connectivity index (χ1v) is 12.4. The summed E-state index contributed by atoms with van der Waals surface area (Å²) in [6, 6.07) is 0.935. The maximum absolute atomic E-state index is 13.5. The highest BCUT2D eigenvalue weighted by atomic mass is 16.7. The summed E-state index contributed by atoms with van der Waals surface area (Å²) in [6.07, 6.45) is 1.06. The molecule has 32 heavy (non-hydrogen) atoms. The lowest BCUT2D eigenvalue weighted by atomic mass is 9.85. The number of amides is 2. The van der Waals surface area contributed by atoms with Gasteiger partial charge in [0.05, 0.1) is 0 Å². The third-order valence-corrected chi connectivity index (χ3v) is 7.07. The first-order chi connectivity index (χ1) is 14.9. The van der Waals surface area contributed by atoms with Crippen molar-refractivity contribution in [2.45, 2.75) is 105 Å². The molecule has 0 spiro atoms. The van der Waals surface area contributed by atoms with Crippen LogP contribution in [0.5, 0.6) is 0 Å². The molecule has 3 rings (SSSR count). The van der Waals surface area contributed by atoms with Crippen LogP contribution in [0, 0.1) is 11.3 Å². The van der Waals surface area contributed by atoms with Crippen LogP contribution in [0.2, 0.25) is 0 Å². The van der Waals surface area contributed by atoms with Crippen LogP contribution in [0.3, 0.4) is 0 Å². The molecule has 0 saturated carbocycles.